The van der Waals surface area contributed by atoms with Gasteiger partial charge < -0.3 is 9.84 Å². The lowest BCUT2D eigenvalue weighted by Crippen LogP contribution is -2.18. The molecule has 41 heavy (non-hydrogen) atoms. The summed E-state index contributed by atoms with van der Waals surface area (Å²) in [6.45, 7) is 4.48. The molecule has 1 N–H and O–H groups in total. The molecule has 0 spiro atoms. The van der Waals surface area contributed by atoms with Crippen molar-refractivity contribution in [1.82, 2.24) is 0 Å². The zero-order valence-electron chi connectivity index (χ0n) is 26.8. The first-order valence-corrected chi connectivity index (χ1v) is 17.1. The van der Waals surface area contributed by atoms with Gasteiger partial charge in [0.2, 0.25) is 0 Å². The maximum atomic E-state index is 12.5. The van der Waals surface area contributed by atoms with Gasteiger partial charge in [0.15, 0.2) is 0 Å². The summed E-state index contributed by atoms with van der Waals surface area (Å²) in [5.41, 5.74) is 0. The standard InChI is InChI=1S/C37H64O4/c1-3-5-7-9-11-12-13-14-15-16-17-18-19-20-22-24-30-34-37(40)41-35(31-27-23-21-10-8-6-4-2)32-28-25-26-29-33-36(38)39/h11-12,14-15,17-18,20,22,35H,3-10,13,16,19,21,23-34H2,1-2H3,(H,38,39)/b12-11-,15-14-,18-17-,22-20-. The molecular formula is C37H64O4. The maximum absolute atomic E-state index is 12.5. The van der Waals surface area contributed by atoms with Crippen LogP contribution in [0, 0.1) is 0 Å². The number of esters is 1. The van der Waals surface area contributed by atoms with Crippen LogP contribution in [-0.4, -0.2) is 23.1 Å². The van der Waals surface area contributed by atoms with Crippen molar-refractivity contribution in [3.63, 3.8) is 0 Å². The van der Waals surface area contributed by atoms with E-state index in [1.54, 1.807) is 0 Å². The number of hydrogen-bond acceptors (Lipinski definition) is 3. The molecule has 4 heteroatoms. The van der Waals surface area contributed by atoms with Gasteiger partial charge >= 0.3 is 11.9 Å². The molecule has 0 saturated carbocycles. The van der Waals surface area contributed by atoms with Gasteiger partial charge in [-0.3, -0.25) is 9.59 Å². The number of hydrogen-bond donors (Lipinski definition) is 1. The second-order valence-corrected chi connectivity index (χ2v) is 11.3. The number of carboxylic acid groups (broad SMARTS) is 1. The van der Waals surface area contributed by atoms with Crippen molar-refractivity contribution in [3.8, 4) is 0 Å². The molecule has 0 fully saturated rings. The predicted octanol–water partition coefficient (Wildman–Crippen LogP) is 11.6. The average Bonchev–Trinajstić information content (AvgIpc) is 2.95. The fraction of sp³-hybridized carbons (Fsp3) is 0.730. The minimum atomic E-state index is -0.720. The Hall–Kier alpha value is -2.10. The lowest BCUT2D eigenvalue weighted by atomic mass is 10.0. The van der Waals surface area contributed by atoms with Crippen LogP contribution in [0.15, 0.2) is 48.6 Å². The molecule has 0 aliphatic rings. The molecule has 0 amide bonds. The normalized spacial score (nSPS) is 12.8. The van der Waals surface area contributed by atoms with E-state index in [-0.39, 0.29) is 18.5 Å². The van der Waals surface area contributed by atoms with Crippen LogP contribution >= 0.6 is 0 Å². The number of unbranched alkanes of at least 4 members (excludes halogenated alkanes) is 13. The van der Waals surface area contributed by atoms with E-state index in [2.05, 4.69) is 62.5 Å². The van der Waals surface area contributed by atoms with E-state index < -0.39 is 5.97 Å². The highest BCUT2D eigenvalue weighted by molar-refractivity contribution is 5.69. The van der Waals surface area contributed by atoms with Gasteiger partial charge in [0.1, 0.15) is 6.10 Å². The Morgan fingerprint density at radius 2 is 0.976 bits per heavy atom. The summed E-state index contributed by atoms with van der Waals surface area (Å²) in [5.74, 6) is -0.790. The molecule has 0 heterocycles. The van der Waals surface area contributed by atoms with Gasteiger partial charge in [0.05, 0.1) is 0 Å². The van der Waals surface area contributed by atoms with Crippen molar-refractivity contribution in [3.05, 3.63) is 48.6 Å². The molecule has 0 radical (unpaired) electrons. The second-order valence-electron chi connectivity index (χ2n) is 11.3. The fourth-order valence-electron chi connectivity index (χ4n) is 4.76. The Bertz CT molecular complexity index is 704. The van der Waals surface area contributed by atoms with Crippen LogP contribution < -0.4 is 0 Å². The number of aliphatic carboxylic acids is 1. The Morgan fingerprint density at radius 3 is 1.51 bits per heavy atom. The van der Waals surface area contributed by atoms with E-state index in [1.165, 1.54) is 64.2 Å². The van der Waals surface area contributed by atoms with E-state index in [0.717, 1.165) is 77.0 Å². The molecule has 4 nitrogen and oxygen atoms in total. The van der Waals surface area contributed by atoms with Crippen LogP contribution in [0.25, 0.3) is 0 Å². The Balaban J connectivity index is 4.08. The molecule has 0 aromatic rings. The Morgan fingerprint density at radius 1 is 0.537 bits per heavy atom. The number of rotatable bonds is 30. The van der Waals surface area contributed by atoms with Gasteiger partial charge in [-0.15, -0.1) is 0 Å². The summed E-state index contributed by atoms with van der Waals surface area (Å²) >= 11 is 0. The van der Waals surface area contributed by atoms with Crippen molar-refractivity contribution >= 4 is 11.9 Å². The highest BCUT2D eigenvalue weighted by Crippen LogP contribution is 2.18. The minimum Gasteiger partial charge on any atom is -0.481 e. The van der Waals surface area contributed by atoms with E-state index in [1.807, 2.05) is 0 Å². The first kappa shape index (κ1) is 38.9. The molecule has 0 aliphatic heterocycles. The summed E-state index contributed by atoms with van der Waals surface area (Å²) in [4.78, 5) is 23.2. The Labute approximate surface area is 253 Å². The van der Waals surface area contributed by atoms with E-state index >= 15 is 0 Å². The number of carboxylic acids is 1. The smallest absolute Gasteiger partial charge is 0.306 e. The van der Waals surface area contributed by atoms with E-state index in [9.17, 15) is 9.59 Å². The molecule has 1 atom stereocenters. The van der Waals surface area contributed by atoms with Crippen LogP contribution in [0.4, 0.5) is 0 Å². The summed E-state index contributed by atoms with van der Waals surface area (Å²) < 4.78 is 5.89. The lowest BCUT2D eigenvalue weighted by Gasteiger charge is -2.18. The summed E-state index contributed by atoms with van der Waals surface area (Å²) in [5, 5.41) is 8.79. The van der Waals surface area contributed by atoms with Crippen molar-refractivity contribution in [1.29, 1.82) is 0 Å². The third-order valence-electron chi connectivity index (χ3n) is 7.30. The van der Waals surface area contributed by atoms with Crippen LogP contribution in [0.5, 0.6) is 0 Å². The average molecular weight is 573 g/mol. The minimum absolute atomic E-state index is 0.00848. The third kappa shape index (κ3) is 32.3. The molecule has 0 aromatic carbocycles. The van der Waals surface area contributed by atoms with E-state index in [4.69, 9.17) is 9.84 Å². The topological polar surface area (TPSA) is 63.6 Å². The summed E-state index contributed by atoms with van der Waals surface area (Å²) in [7, 11) is 0. The molecule has 0 aliphatic carbocycles. The highest BCUT2D eigenvalue weighted by Gasteiger charge is 2.14. The number of carbonyl (C=O) groups is 2. The number of ether oxygens (including phenoxy) is 1. The monoisotopic (exact) mass is 572 g/mol. The van der Waals surface area contributed by atoms with E-state index in [0.29, 0.717) is 6.42 Å². The summed E-state index contributed by atoms with van der Waals surface area (Å²) in [6.07, 6.45) is 42.6. The quantitative estimate of drug-likeness (QED) is 0.0528. The van der Waals surface area contributed by atoms with Crippen molar-refractivity contribution in [2.45, 2.75) is 174 Å². The zero-order chi connectivity index (χ0) is 30.1. The molecule has 0 bridgehead atoms. The molecule has 236 valence electrons. The number of allylic oxidation sites excluding steroid dienone is 8. The van der Waals surface area contributed by atoms with Crippen molar-refractivity contribution in [2.24, 2.45) is 0 Å². The van der Waals surface area contributed by atoms with Gasteiger partial charge in [0.25, 0.3) is 0 Å². The molecule has 0 saturated heterocycles. The maximum Gasteiger partial charge on any atom is 0.306 e. The predicted molar refractivity (Wildman–Crippen MR) is 176 cm³/mol. The number of carbonyl (C=O) groups excluding carboxylic acids is 1. The van der Waals surface area contributed by atoms with Crippen LogP contribution in [0.1, 0.15) is 168 Å². The third-order valence-corrected chi connectivity index (χ3v) is 7.30. The van der Waals surface area contributed by atoms with Gasteiger partial charge in [-0.1, -0.05) is 127 Å². The first-order valence-electron chi connectivity index (χ1n) is 17.1. The molecule has 0 rings (SSSR count). The van der Waals surface area contributed by atoms with Gasteiger partial charge in [-0.25, -0.2) is 0 Å². The van der Waals surface area contributed by atoms with Gasteiger partial charge in [0, 0.05) is 12.8 Å². The molecule has 0 aromatic heterocycles. The van der Waals surface area contributed by atoms with Gasteiger partial charge in [-0.05, 0) is 77.0 Å². The fourth-order valence-corrected chi connectivity index (χ4v) is 4.76. The van der Waals surface area contributed by atoms with Crippen LogP contribution in [0.2, 0.25) is 0 Å². The van der Waals surface area contributed by atoms with Crippen molar-refractivity contribution in [2.75, 3.05) is 0 Å². The largest absolute Gasteiger partial charge is 0.481 e. The molecule has 1 unspecified atom stereocenters. The van der Waals surface area contributed by atoms with Crippen molar-refractivity contribution < 1.29 is 19.4 Å². The lowest BCUT2D eigenvalue weighted by molar-refractivity contribution is -0.150. The van der Waals surface area contributed by atoms with Crippen LogP contribution in [0.3, 0.4) is 0 Å². The molecular weight excluding hydrogens is 508 g/mol. The zero-order valence-corrected chi connectivity index (χ0v) is 26.8. The Kier molecular flexibility index (Phi) is 30.8. The first-order chi connectivity index (χ1) is 20.1. The highest BCUT2D eigenvalue weighted by atomic mass is 16.5. The van der Waals surface area contributed by atoms with Crippen LogP contribution in [-0.2, 0) is 14.3 Å². The van der Waals surface area contributed by atoms with Gasteiger partial charge in [-0.2, -0.15) is 0 Å². The SMILES string of the molecule is CCCCC/C=C\C/C=C\C/C=C\C/C=C\CCCC(=O)OC(CCCCCCCCC)CCCCCCC(=O)O. The second kappa shape index (κ2) is 32.4. The summed E-state index contributed by atoms with van der Waals surface area (Å²) in [6, 6.07) is 0.